The number of sulfone groups is 1. The van der Waals surface area contributed by atoms with Crippen LogP contribution in [0.25, 0.3) is 0 Å². The third-order valence-corrected chi connectivity index (χ3v) is 5.41. The van der Waals surface area contributed by atoms with Gasteiger partial charge in [-0.3, -0.25) is 0 Å². The van der Waals surface area contributed by atoms with Crippen LogP contribution >= 0.6 is 0 Å². The molecule has 2 rings (SSSR count). The molecular weight excluding hydrogens is 228 g/mol. The molecule has 1 aromatic heterocycles. The van der Waals surface area contributed by atoms with Crippen molar-refractivity contribution in [2.75, 3.05) is 5.75 Å². The summed E-state index contributed by atoms with van der Waals surface area (Å²) in [5, 5.41) is 9.36. The SMILES string of the molecule is O=S1(=O)CCCCC1C(O)Cc1ccoc1. The van der Waals surface area contributed by atoms with E-state index in [9.17, 15) is 13.5 Å². The quantitative estimate of drug-likeness (QED) is 0.866. The van der Waals surface area contributed by atoms with E-state index in [-0.39, 0.29) is 5.75 Å². The zero-order valence-corrected chi connectivity index (χ0v) is 9.82. The van der Waals surface area contributed by atoms with E-state index in [1.54, 1.807) is 12.3 Å². The van der Waals surface area contributed by atoms with Gasteiger partial charge in [-0.2, -0.15) is 0 Å². The largest absolute Gasteiger partial charge is 0.472 e. The molecule has 0 spiro atoms. The Labute approximate surface area is 95.2 Å². The van der Waals surface area contributed by atoms with Crippen LogP contribution < -0.4 is 0 Å². The summed E-state index contributed by atoms with van der Waals surface area (Å²) in [7, 11) is -3.11. The molecule has 0 bridgehead atoms. The lowest BCUT2D eigenvalue weighted by Gasteiger charge is -2.26. The fraction of sp³-hybridized carbons (Fsp3) is 0.636. The maximum atomic E-state index is 11.8. The molecular formula is C11H16O4S. The predicted molar refractivity (Wildman–Crippen MR) is 59.8 cm³/mol. The third-order valence-electron chi connectivity index (χ3n) is 3.08. The lowest BCUT2D eigenvalue weighted by atomic mass is 10.0. The van der Waals surface area contributed by atoms with Crippen molar-refractivity contribution >= 4 is 9.84 Å². The Morgan fingerprint density at radius 2 is 2.31 bits per heavy atom. The summed E-state index contributed by atoms with van der Waals surface area (Å²) in [6, 6.07) is 1.75. The summed E-state index contributed by atoms with van der Waals surface area (Å²) in [4.78, 5) is 0. The molecule has 90 valence electrons. The van der Waals surface area contributed by atoms with Crippen molar-refractivity contribution in [3.05, 3.63) is 24.2 Å². The Morgan fingerprint density at radius 1 is 1.50 bits per heavy atom. The summed E-state index contributed by atoms with van der Waals surface area (Å²) < 4.78 is 28.4. The molecule has 16 heavy (non-hydrogen) atoms. The fourth-order valence-corrected chi connectivity index (χ4v) is 4.20. The van der Waals surface area contributed by atoms with Crippen LogP contribution in [0.15, 0.2) is 23.0 Å². The van der Waals surface area contributed by atoms with E-state index in [1.165, 1.54) is 6.26 Å². The third kappa shape index (κ3) is 2.47. The highest BCUT2D eigenvalue weighted by Gasteiger charge is 2.34. The highest BCUT2D eigenvalue weighted by Crippen LogP contribution is 2.24. The van der Waals surface area contributed by atoms with E-state index in [0.717, 1.165) is 18.4 Å². The van der Waals surface area contributed by atoms with Crippen molar-refractivity contribution in [2.24, 2.45) is 0 Å². The average Bonchev–Trinajstić information content (AvgIpc) is 2.69. The Morgan fingerprint density at radius 3 is 2.94 bits per heavy atom. The molecule has 0 amide bonds. The van der Waals surface area contributed by atoms with Crippen LogP contribution in [-0.4, -0.2) is 30.6 Å². The Bertz CT molecular complexity index is 421. The van der Waals surface area contributed by atoms with E-state index in [2.05, 4.69) is 0 Å². The minimum atomic E-state index is -3.11. The van der Waals surface area contributed by atoms with Gasteiger partial charge >= 0.3 is 0 Å². The minimum Gasteiger partial charge on any atom is -0.472 e. The first-order valence-electron chi connectivity index (χ1n) is 5.50. The first kappa shape index (κ1) is 11.7. The van der Waals surface area contributed by atoms with E-state index in [4.69, 9.17) is 4.42 Å². The van der Waals surface area contributed by atoms with Gasteiger partial charge in [0.05, 0.1) is 29.6 Å². The van der Waals surface area contributed by atoms with Gasteiger partial charge in [-0.15, -0.1) is 0 Å². The zero-order chi connectivity index (χ0) is 11.6. The monoisotopic (exact) mass is 244 g/mol. The van der Waals surface area contributed by atoms with E-state index < -0.39 is 21.2 Å². The van der Waals surface area contributed by atoms with Crippen LogP contribution in [0.3, 0.4) is 0 Å². The number of aliphatic hydroxyl groups excluding tert-OH is 1. The van der Waals surface area contributed by atoms with Crippen molar-refractivity contribution < 1.29 is 17.9 Å². The number of aliphatic hydroxyl groups is 1. The van der Waals surface area contributed by atoms with Crippen molar-refractivity contribution in [1.82, 2.24) is 0 Å². The molecule has 2 unspecified atom stereocenters. The van der Waals surface area contributed by atoms with Gasteiger partial charge in [0.1, 0.15) is 0 Å². The second-order valence-electron chi connectivity index (χ2n) is 4.30. The van der Waals surface area contributed by atoms with Gasteiger partial charge in [-0.05, 0) is 24.5 Å². The zero-order valence-electron chi connectivity index (χ0n) is 9.00. The maximum absolute atomic E-state index is 11.8. The summed E-state index contributed by atoms with van der Waals surface area (Å²) in [6.07, 6.45) is 4.77. The highest BCUT2D eigenvalue weighted by molar-refractivity contribution is 7.92. The first-order chi connectivity index (χ1) is 7.59. The maximum Gasteiger partial charge on any atom is 0.155 e. The van der Waals surface area contributed by atoms with E-state index in [0.29, 0.717) is 12.8 Å². The summed E-state index contributed by atoms with van der Waals surface area (Å²) >= 11 is 0. The lowest BCUT2D eigenvalue weighted by Crippen LogP contribution is -2.39. The molecule has 1 N–H and O–H groups in total. The number of furan rings is 1. The van der Waals surface area contributed by atoms with E-state index >= 15 is 0 Å². The molecule has 0 aliphatic carbocycles. The number of rotatable bonds is 3. The van der Waals surface area contributed by atoms with Gasteiger partial charge in [0.25, 0.3) is 0 Å². The topological polar surface area (TPSA) is 67.5 Å². The summed E-state index contributed by atoms with van der Waals surface area (Å²) in [5.41, 5.74) is 0.841. The van der Waals surface area contributed by atoms with Gasteiger partial charge < -0.3 is 9.52 Å². The Kier molecular flexibility index (Phi) is 3.35. The number of hydrogen-bond acceptors (Lipinski definition) is 4. The second kappa shape index (κ2) is 4.59. The van der Waals surface area contributed by atoms with Crippen LogP contribution in [0.4, 0.5) is 0 Å². The van der Waals surface area contributed by atoms with Gasteiger partial charge in [0.2, 0.25) is 0 Å². The summed E-state index contributed by atoms with van der Waals surface area (Å²) in [5.74, 6) is 0.208. The molecule has 2 atom stereocenters. The normalized spacial score (nSPS) is 26.4. The van der Waals surface area contributed by atoms with Gasteiger partial charge in [0.15, 0.2) is 9.84 Å². The number of hydrogen-bond donors (Lipinski definition) is 1. The molecule has 0 aromatic carbocycles. The molecule has 1 aromatic rings. The minimum absolute atomic E-state index is 0.208. The molecule has 0 radical (unpaired) electrons. The van der Waals surface area contributed by atoms with Crippen LogP contribution in [0.2, 0.25) is 0 Å². The molecule has 1 aliphatic heterocycles. The predicted octanol–water partition coefficient (Wildman–Crippen LogP) is 1.15. The smallest absolute Gasteiger partial charge is 0.155 e. The fourth-order valence-electron chi connectivity index (χ4n) is 2.19. The molecule has 1 fully saturated rings. The van der Waals surface area contributed by atoms with Crippen molar-refractivity contribution in [3.63, 3.8) is 0 Å². The Hall–Kier alpha value is -0.810. The second-order valence-corrected chi connectivity index (χ2v) is 6.64. The summed E-state index contributed by atoms with van der Waals surface area (Å²) in [6.45, 7) is 0. The van der Waals surface area contributed by atoms with E-state index in [1.807, 2.05) is 0 Å². The molecule has 1 aliphatic rings. The van der Waals surface area contributed by atoms with Crippen molar-refractivity contribution in [1.29, 1.82) is 0 Å². The molecule has 5 heteroatoms. The van der Waals surface area contributed by atoms with Gasteiger partial charge in [0, 0.05) is 6.42 Å². The van der Waals surface area contributed by atoms with Crippen molar-refractivity contribution in [2.45, 2.75) is 37.0 Å². The van der Waals surface area contributed by atoms with Gasteiger partial charge in [-0.25, -0.2) is 8.42 Å². The van der Waals surface area contributed by atoms with Crippen LogP contribution in [0.1, 0.15) is 24.8 Å². The average molecular weight is 244 g/mol. The van der Waals surface area contributed by atoms with Crippen LogP contribution in [-0.2, 0) is 16.3 Å². The van der Waals surface area contributed by atoms with Crippen molar-refractivity contribution in [3.8, 4) is 0 Å². The highest BCUT2D eigenvalue weighted by atomic mass is 32.2. The van der Waals surface area contributed by atoms with Crippen LogP contribution in [0.5, 0.6) is 0 Å². The van der Waals surface area contributed by atoms with Crippen LogP contribution in [0, 0.1) is 0 Å². The Balaban J connectivity index is 2.06. The standard InChI is InChI=1S/C11H16O4S/c12-10(7-9-4-5-15-8-9)11-3-1-2-6-16(11,13)14/h4-5,8,10-12H,1-3,6-7H2. The molecule has 4 nitrogen and oxygen atoms in total. The molecule has 1 saturated heterocycles. The lowest BCUT2D eigenvalue weighted by molar-refractivity contribution is 0.161. The molecule has 2 heterocycles. The van der Waals surface area contributed by atoms with Gasteiger partial charge in [-0.1, -0.05) is 6.42 Å². The molecule has 0 saturated carbocycles. The first-order valence-corrected chi connectivity index (χ1v) is 7.22.